The molecule has 1 unspecified atom stereocenters. The van der Waals surface area contributed by atoms with Crippen molar-refractivity contribution in [3.63, 3.8) is 0 Å². The third-order valence-electron chi connectivity index (χ3n) is 4.43. The Balaban J connectivity index is 1.66. The summed E-state index contributed by atoms with van der Waals surface area (Å²) >= 11 is 1.36. The van der Waals surface area contributed by atoms with Crippen molar-refractivity contribution in [1.29, 1.82) is 5.41 Å². The van der Waals surface area contributed by atoms with Gasteiger partial charge in [-0.05, 0) is 48.9 Å². The molecule has 7 heteroatoms. The van der Waals surface area contributed by atoms with Crippen molar-refractivity contribution in [2.24, 2.45) is 10.1 Å². The third kappa shape index (κ3) is 3.26. The normalized spacial score (nSPS) is 19.2. The Morgan fingerprint density at radius 3 is 2.70 bits per heavy atom. The average molecular weight is 378 g/mol. The molecule has 1 N–H and O–H groups in total. The zero-order valence-corrected chi connectivity index (χ0v) is 15.8. The Bertz CT molecular complexity index is 1000. The Hall–Kier alpha value is -2.93. The number of furan rings is 1. The minimum Gasteiger partial charge on any atom is -0.462 e. The van der Waals surface area contributed by atoms with E-state index in [9.17, 15) is 4.79 Å². The van der Waals surface area contributed by atoms with Crippen molar-refractivity contribution >= 4 is 39.8 Å². The lowest BCUT2D eigenvalue weighted by atomic mass is 9.98. The Morgan fingerprint density at radius 1 is 1.26 bits per heavy atom. The fraction of sp³-hybridized carbons (Fsp3) is 0.200. The van der Waals surface area contributed by atoms with Crippen molar-refractivity contribution in [2.75, 3.05) is 0 Å². The van der Waals surface area contributed by atoms with Gasteiger partial charge in [0.25, 0.3) is 5.91 Å². The first kappa shape index (κ1) is 17.5. The molecule has 2 aliphatic heterocycles. The standard InChI is InChI=1S/C20H18N4O2S/c1-3-15(13-7-5-4-6-8-13)19-23-24-17(21)16(18(25)22-20(24)27-19)11-14-10-9-12(2)26-14/h4-11,15,21H,3H2,1-2H3/b16-11+,21-17?. The summed E-state index contributed by atoms with van der Waals surface area (Å²) < 4.78 is 5.50. The second-order valence-corrected chi connectivity index (χ2v) is 7.27. The van der Waals surface area contributed by atoms with Crippen LogP contribution in [-0.4, -0.2) is 27.0 Å². The van der Waals surface area contributed by atoms with Gasteiger partial charge in [0.05, 0.1) is 5.57 Å². The molecule has 136 valence electrons. The number of hydrogen-bond acceptors (Lipinski definition) is 5. The molecular formula is C20H18N4O2S. The number of amides is 1. The fourth-order valence-electron chi connectivity index (χ4n) is 3.06. The van der Waals surface area contributed by atoms with Crippen LogP contribution >= 0.6 is 11.8 Å². The third-order valence-corrected chi connectivity index (χ3v) is 5.45. The van der Waals surface area contributed by atoms with E-state index in [0.29, 0.717) is 10.9 Å². The molecule has 1 aromatic heterocycles. The molecular weight excluding hydrogens is 360 g/mol. The summed E-state index contributed by atoms with van der Waals surface area (Å²) in [6.07, 6.45) is 2.41. The molecule has 0 radical (unpaired) electrons. The van der Waals surface area contributed by atoms with E-state index in [1.165, 1.54) is 16.8 Å². The summed E-state index contributed by atoms with van der Waals surface area (Å²) in [6, 6.07) is 13.7. The van der Waals surface area contributed by atoms with Gasteiger partial charge >= 0.3 is 0 Å². The minimum atomic E-state index is -0.447. The molecule has 0 bridgehead atoms. The molecule has 0 fully saturated rings. The van der Waals surface area contributed by atoms with Gasteiger partial charge in [-0.1, -0.05) is 37.3 Å². The SMILES string of the molecule is CCC(C1=NN2C(=N)/C(=C\c3ccc(C)o3)C(=O)N=C2S1)c1ccccc1. The number of nitrogens with zero attached hydrogens (tertiary/aromatic N) is 3. The maximum Gasteiger partial charge on any atom is 0.283 e. The van der Waals surface area contributed by atoms with Gasteiger partial charge in [0.1, 0.15) is 16.6 Å². The van der Waals surface area contributed by atoms with Gasteiger partial charge in [-0.25, -0.2) is 0 Å². The van der Waals surface area contributed by atoms with E-state index in [4.69, 9.17) is 9.83 Å². The summed E-state index contributed by atoms with van der Waals surface area (Å²) in [6.45, 7) is 3.93. The summed E-state index contributed by atoms with van der Waals surface area (Å²) in [4.78, 5) is 16.6. The summed E-state index contributed by atoms with van der Waals surface area (Å²) in [7, 11) is 0. The lowest BCUT2D eigenvalue weighted by Gasteiger charge is -2.19. The molecule has 4 rings (SSSR count). The Labute approximate surface area is 161 Å². The first-order valence-corrected chi connectivity index (χ1v) is 9.50. The van der Waals surface area contributed by atoms with Gasteiger partial charge in [-0.3, -0.25) is 10.2 Å². The van der Waals surface area contributed by atoms with Gasteiger partial charge in [-0.15, -0.1) is 0 Å². The highest BCUT2D eigenvalue weighted by Gasteiger charge is 2.37. The van der Waals surface area contributed by atoms with Crippen molar-refractivity contribution in [2.45, 2.75) is 26.2 Å². The van der Waals surface area contributed by atoms with E-state index >= 15 is 0 Å². The Morgan fingerprint density at radius 2 is 2.04 bits per heavy atom. The number of amidine groups is 2. The van der Waals surface area contributed by atoms with Gasteiger partial charge in [0.2, 0.25) is 5.17 Å². The summed E-state index contributed by atoms with van der Waals surface area (Å²) in [5, 5.41) is 15.8. The Kier molecular flexibility index (Phi) is 4.53. The van der Waals surface area contributed by atoms with Gasteiger partial charge in [-0.2, -0.15) is 15.1 Å². The molecule has 2 aliphatic rings. The van der Waals surface area contributed by atoms with Crippen LogP contribution in [0.15, 0.2) is 62.5 Å². The second kappa shape index (κ2) is 7.00. The second-order valence-electron chi connectivity index (χ2n) is 6.28. The number of carbonyl (C=O) groups excluding carboxylic acids is 1. The predicted octanol–water partition coefficient (Wildman–Crippen LogP) is 4.40. The van der Waals surface area contributed by atoms with Gasteiger partial charge in [0, 0.05) is 5.92 Å². The van der Waals surface area contributed by atoms with Crippen LogP contribution in [0.2, 0.25) is 0 Å². The van der Waals surface area contributed by atoms with Crippen LogP contribution in [0.4, 0.5) is 0 Å². The molecule has 1 aromatic carbocycles. The van der Waals surface area contributed by atoms with Crippen LogP contribution in [0, 0.1) is 12.3 Å². The van der Waals surface area contributed by atoms with E-state index in [0.717, 1.165) is 22.8 Å². The van der Waals surface area contributed by atoms with E-state index in [-0.39, 0.29) is 17.3 Å². The van der Waals surface area contributed by atoms with Gasteiger partial charge < -0.3 is 4.42 Å². The first-order chi connectivity index (χ1) is 13.1. The monoisotopic (exact) mass is 378 g/mol. The van der Waals surface area contributed by atoms with Crippen LogP contribution in [-0.2, 0) is 4.79 Å². The molecule has 27 heavy (non-hydrogen) atoms. The lowest BCUT2D eigenvalue weighted by molar-refractivity contribution is -0.114. The van der Waals surface area contributed by atoms with Crippen molar-refractivity contribution < 1.29 is 9.21 Å². The molecule has 3 heterocycles. The van der Waals surface area contributed by atoms with Gasteiger partial charge in [0.15, 0.2) is 5.84 Å². The number of fused-ring (bicyclic) bond motifs is 1. The quantitative estimate of drug-likeness (QED) is 0.800. The average Bonchev–Trinajstić information content (AvgIpc) is 3.26. The van der Waals surface area contributed by atoms with Crippen LogP contribution < -0.4 is 0 Å². The number of hydrogen-bond donors (Lipinski definition) is 1. The topological polar surface area (TPSA) is 82.0 Å². The number of hydrazone groups is 1. The zero-order valence-electron chi connectivity index (χ0n) is 15.0. The highest BCUT2D eigenvalue weighted by Crippen LogP contribution is 2.35. The highest BCUT2D eigenvalue weighted by molar-refractivity contribution is 8.27. The maximum atomic E-state index is 12.4. The van der Waals surface area contributed by atoms with E-state index in [1.54, 1.807) is 12.1 Å². The molecule has 0 spiro atoms. The van der Waals surface area contributed by atoms with Crippen LogP contribution in [0.3, 0.4) is 0 Å². The minimum absolute atomic E-state index is 0.0180. The molecule has 0 saturated carbocycles. The van der Waals surface area contributed by atoms with Crippen molar-refractivity contribution in [3.05, 3.63) is 65.1 Å². The number of nitrogens with one attached hydrogen (secondary N) is 1. The van der Waals surface area contributed by atoms with E-state index < -0.39 is 5.91 Å². The number of carbonyl (C=O) groups is 1. The van der Waals surface area contributed by atoms with Crippen molar-refractivity contribution in [1.82, 2.24) is 5.01 Å². The predicted molar refractivity (Wildman–Crippen MR) is 108 cm³/mol. The lowest BCUT2D eigenvalue weighted by Crippen LogP contribution is -2.35. The molecule has 6 nitrogen and oxygen atoms in total. The summed E-state index contributed by atoms with van der Waals surface area (Å²) in [5.74, 6) is 0.937. The van der Waals surface area contributed by atoms with E-state index in [2.05, 4.69) is 29.2 Å². The number of aliphatic imine (C=N–C) groups is 1. The number of thioether (sulfide) groups is 1. The first-order valence-electron chi connectivity index (χ1n) is 8.68. The maximum absolute atomic E-state index is 12.4. The zero-order chi connectivity index (χ0) is 19.0. The molecule has 0 saturated heterocycles. The number of aryl methyl sites for hydroxylation is 1. The van der Waals surface area contributed by atoms with E-state index in [1.807, 2.05) is 31.2 Å². The molecule has 2 aromatic rings. The highest BCUT2D eigenvalue weighted by atomic mass is 32.2. The van der Waals surface area contributed by atoms with Crippen LogP contribution in [0.25, 0.3) is 6.08 Å². The largest absolute Gasteiger partial charge is 0.462 e. The molecule has 1 amide bonds. The smallest absolute Gasteiger partial charge is 0.283 e. The van der Waals surface area contributed by atoms with Crippen LogP contribution in [0.1, 0.15) is 36.3 Å². The molecule has 1 atom stereocenters. The number of rotatable bonds is 4. The molecule has 0 aliphatic carbocycles. The summed E-state index contributed by atoms with van der Waals surface area (Å²) in [5.41, 5.74) is 1.33. The fourth-order valence-corrected chi connectivity index (χ4v) is 4.16. The van der Waals surface area contributed by atoms with Crippen molar-refractivity contribution in [3.8, 4) is 0 Å². The number of benzene rings is 1. The van der Waals surface area contributed by atoms with Crippen LogP contribution in [0.5, 0.6) is 0 Å².